The van der Waals surface area contributed by atoms with Crippen molar-refractivity contribution in [1.82, 2.24) is 5.32 Å². The van der Waals surface area contributed by atoms with Crippen LogP contribution in [0.3, 0.4) is 0 Å². The molecule has 1 aromatic carbocycles. The molecule has 0 bridgehead atoms. The third-order valence-electron chi connectivity index (χ3n) is 4.16. The summed E-state index contributed by atoms with van der Waals surface area (Å²) < 4.78 is 5.83. The first-order valence-electron chi connectivity index (χ1n) is 8.30. The smallest absolute Gasteiger partial charge is 0.0699 e. The molecule has 20 heavy (non-hydrogen) atoms. The number of nitrogens with one attached hydrogen (secondary N) is 1. The Bertz CT molecular complexity index is 346. The molecule has 1 aromatic rings. The molecule has 0 spiro atoms. The molecule has 112 valence electrons. The minimum absolute atomic E-state index is 0.418. The minimum atomic E-state index is 0.418. The lowest BCUT2D eigenvalue weighted by Gasteiger charge is -2.26. The van der Waals surface area contributed by atoms with Crippen LogP contribution < -0.4 is 5.32 Å². The molecule has 1 fully saturated rings. The van der Waals surface area contributed by atoms with Gasteiger partial charge >= 0.3 is 0 Å². The van der Waals surface area contributed by atoms with E-state index in [4.69, 9.17) is 4.74 Å². The Labute approximate surface area is 123 Å². The van der Waals surface area contributed by atoms with Crippen molar-refractivity contribution in [3.63, 3.8) is 0 Å². The van der Waals surface area contributed by atoms with E-state index < -0.39 is 0 Å². The molecule has 0 saturated carbocycles. The molecular weight excluding hydrogens is 246 g/mol. The molecule has 0 aliphatic carbocycles. The predicted octanol–water partition coefficient (Wildman–Crippen LogP) is 4.47. The second kappa shape index (κ2) is 9.15. The van der Waals surface area contributed by atoms with Crippen molar-refractivity contribution in [3.8, 4) is 0 Å². The normalized spacial score (nSPS) is 20.8. The second-order valence-corrected chi connectivity index (χ2v) is 5.86. The molecule has 0 amide bonds. The molecule has 1 heterocycles. The van der Waals surface area contributed by atoms with Gasteiger partial charge in [-0.25, -0.2) is 0 Å². The molecule has 2 rings (SSSR count). The van der Waals surface area contributed by atoms with Gasteiger partial charge in [0, 0.05) is 19.2 Å². The number of hydrogen-bond donors (Lipinski definition) is 1. The molecule has 1 N–H and O–H groups in total. The number of ether oxygens (including phenoxy) is 1. The lowest BCUT2D eigenvalue weighted by molar-refractivity contribution is 0.0151. The largest absolute Gasteiger partial charge is 0.377 e. The van der Waals surface area contributed by atoms with Crippen molar-refractivity contribution >= 4 is 0 Å². The van der Waals surface area contributed by atoms with Crippen LogP contribution >= 0.6 is 0 Å². The summed E-state index contributed by atoms with van der Waals surface area (Å²) in [5.74, 6) is 0. The Balaban J connectivity index is 1.84. The van der Waals surface area contributed by atoms with Gasteiger partial charge in [-0.05, 0) is 31.2 Å². The average molecular weight is 275 g/mol. The van der Waals surface area contributed by atoms with E-state index >= 15 is 0 Å². The van der Waals surface area contributed by atoms with E-state index in [2.05, 4.69) is 42.6 Å². The summed E-state index contributed by atoms with van der Waals surface area (Å²) in [4.78, 5) is 0. The number of unbranched alkanes of at least 4 members (excludes halogenated alkanes) is 2. The van der Waals surface area contributed by atoms with E-state index in [-0.39, 0.29) is 0 Å². The van der Waals surface area contributed by atoms with Crippen molar-refractivity contribution in [3.05, 3.63) is 35.9 Å². The van der Waals surface area contributed by atoms with Crippen LogP contribution in [-0.2, 0) is 4.74 Å². The van der Waals surface area contributed by atoms with E-state index in [9.17, 15) is 0 Å². The van der Waals surface area contributed by atoms with Gasteiger partial charge in [0.15, 0.2) is 0 Å². The Kier molecular flexibility index (Phi) is 7.10. The summed E-state index contributed by atoms with van der Waals surface area (Å²) in [5, 5.41) is 3.74. The highest BCUT2D eigenvalue weighted by Gasteiger charge is 2.16. The van der Waals surface area contributed by atoms with Crippen molar-refractivity contribution in [2.45, 2.75) is 64.0 Å². The Morgan fingerprint density at radius 1 is 1.20 bits per heavy atom. The molecular formula is C18H29NO. The SMILES string of the molecule is CCCCCC(NCC1CCCCO1)c1ccccc1. The zero-order valence-corrected chi connectivity index (χ0v) is 12.8. The fraction of sp³-hybridized carbons (Fsp3) is 0.667. The fourth-order valence-corrected chi connectivity index (χ4v) is 2.91. The van der Waals surface area contributed by atoms with Gasteiger partial charge in [0.2, 0.25) is 0 Å². The summed E-state index contributed by atoms with van der Waals surface area (Å²) in [6, 6.07) is 11.3. The Morgan fingerprint density at radius 2 is 2.05 bits per heavy atom. The van der Waals surface area contributed by atoms with Crippen LogP contribution in [0.1, 0.15) is 63.5 Å². The maximum atomic E-state index is 5.83. The minimum Gasteiger partial charge on any atom is -0.377 e. The van der Waals surface area contributed by atoms with Crippen LogP contribution in [0.5, 0.6) is 0 Å². The quantitative estimate of drug-likeness (QED) is 0.707. The molecule has 0 radical (unpaired) electrons. The first kappa shape index (κ1) is 15.5. The Hall–Kier alpha value is -0.860. The average Bonchev–Trinajstić information content (AvgIpc) is 2.52. The van der Waals surface area contributed by atoms with Crippen LogP contribution in [0.25, 0.3) is 0 Å². The van der Waals surface area contributed by atoms with E-state index in [1.807, 2.05) is 0 Å². The monoisotopic (exact) mass is 275 g/mol. The standard InChI is InChI=1S/C18H29NO/c1-2-3-5-13-18(16-10-6-4-7-11-16)19-15-17-12-8-9-14-20-17/h4,6-7,10-11,17-19H,2-3,5,8-9,12-15H2,1H3. The molecule has 0 aromatic heterocycles. The first-order valence-corrected chi connectivity index (χ1v) is 8.30. The van der Waals surface area contributed by atoms with Gasteiger partial charge in [0.25, 0.3) is 0 Å². The first-order chi connectivity index (χ1) is 9.90. The lowest BCUT2D eigenvalue weighted by Crippen LogP contribution is -2.34. The van der Waals surface area contributed by atoms with E-state index in [1.165, 1.54) is 50.5 Å². The molecule has 1 saturated heterocycles. The van der Waals surface area contributed by atoms with Crippen LogP contribution in [0.2, 0.25) is 0 Å². The van der Waals surface area contributed by atoms with E-state index in [0.29, 0.717) is 12.1 Å². The topological polar surface area (TPSA) is 21.3 Å². The van der Waals surface area contributed by atoms with Crippen molar-refractivity contribution in [1.29, 1.82) is 0 Å². The van der Waals surface area contributed by atoms with Crippen molar-refractivity contribution in [2.24, 2.45) is 0 Å². The van der Waals surface area contributed by atoms with Gasteiger partial charge < -0.3 is 10.1 Å². The van der Waals surface area contributed by atoms with Gasteiger partial charge in [-0.15, -0.1) is 0 Å². The van der Waals surface area contributed by atoms with Gasteiger partial charge in [0.1, 0.15) is 0 Å². The predicted molar refractivity (Wildman–Crippen MR) is 84.9 cm³/mol. The van der Waals surface area contributed by atoms with Gasteiger partial charge in [-0.3, -0.25) is 0 Å². The third-order valence-corrected chi connectivity index (χ3v) is 4.16. The fourth-order valence-electron chi connectivity index (χ4n) is 2.91. The third kappa shape index (κ3) is 5.26. The van der Waals surface area contributed by atoms with Crippen molar-refractivity contribution < 1.29 is 4.74 Å². The van der Waals surface area contributed by atoms with Gasteiger partial charge in [-0.2, -0.15) is 0 Å². The molecule has 1 aliphatic rings. The van der Waals surface area contributed by atoms with Crippen LogP contribution in [0.4, 0.5) is 0 Å². The van der Waals surface area contributed by atoms with Crippen LogP contribution in [0, 0.1) is 0 Å². The maximum absolute atomic E-state index is 5.83. The molecule has 2 nitrogen and oxygen atoms in total. The molecule has 2 heteroatoms. The highest BCUT2D eigenvalue weighted by Crippen LogP contribution is 2.21. The second-order valence-electron chi connectivity index (χ2n) is 5.86. The molecule has 2 atom stereocenters. The zero-order chi connectivity index (χ0) is 14.0. The highest BCUT2D eigenvalue weighted by molar-refractivity contribution is 5.18. The number of hydrogen-bond acceptors (Lipinski definition) is 2. The lowest BCUT2D eigenvalue weighted by atomic mass is 10.00. The van der Waals surface area contributed by atoms with E-state index in [0.717, 1.165) is 13.2 Å². The highest BCUT2D eigenvalue weighted by atomic mass is 16.5. The molecule has 2 unspecified atom stereocenters. The Morgan fingerprint density at radius 3 is 2.75 bits per heavy atom. The van der Waals surface area contributed by atoms with E-state index in [1.54, 1.807) is 0 Å². The summed E-state index contributed by atoms with van der Waals surface area (Å²) in [6.45, 7) is 4.20. The maximum Gasteiger partial charge on any atom is 0.0699 e. The summed E-state index contributed by atoms with van der Waals surface area (Å²) in [5.41, 5.74) is 1.42. The van der Waals surface area contributed by atoms with Gasteiger partial charge in [-0.1, -0.05) is 56.5 Å². The number of benzene rings is 1. The number of rotatable bonds is 8. The van der Waals surface area contributed by atoms with Crippen LogP contribution in [0.15, 0.2) is 30.3 Å². The summed E-state index contributed by atoms with van der Waals surface area (Å²) in [7, 11) is 0. The van der Waals surface area contributed by atoms with Gasteiger partial charge in [0.05, 0.1) is 6.10 Å². The molecule has 1 aliphatic heterocycles. The summed E-state index contributed by atoms with van der Waals surface area (Å²) in [6.07, 6.45) is 9.31. The van der Waals surface area contributed by atoms with Crippen LogP contribution in [-0.4, -0.2) is 19.3 Å². The van der Waals surface area contributed by atoms with Crippen molar-refractivity contribution in [2.75, 3.05) is 13.2 Å². The zero-order valence-electron chi connectivity index (χ0n) is 12.8. The summed E-state index contributed by atoms with van der Waals surface area (Å²) >= 11 is 0.